The molecular weight excluding hydrogens is 214 g/mol. The van der Waals surface area contributed by atoms with E-state index in [0.717, 1.165) is 0 Å². The number of hydrogen-bond acceptors (Lipinski definition) is 2. The Morgan fingerprint density at radius 3 is 2.81 bits per heavy atom. The van der Waals surface area contributed by atoms with Crippen LogP contribution in [-0.2, 0) is 12.8 Å². The summed E-state index contributed by atoms with van der Waals surface area (Å²) in [6.45, 7) is 9.10. The Balaban J connectivity index is 2.06. The largest absolute Gasteiger partial charge is 0.304 e. The number of aryl methyl sites for hydroxylation is 2. The lowest BCUT2D eigenvalue weighted by molar-refractivity contribution is 0.340. The summed E-state index contributed by atoms with van der Waals surface area (Å²) < 4.78 is 0. The van der Waals surface area contributed by atoms with Crippen molar-refractivity contribution < 1.29 is 0 Å². The van der Waals surface area contributed by atoms with Gasteiger partial charge in [0.25, 0.3) is 0 Å². The normalized spacial score (nSPS) is 17.5. The van der Waals surface area contributed by atoms with E-state index >= 15 is 0 Å². The minimum atomic E-state index is 0.244. The molecule has 0 spiro atoms. The van der Waals surface area contributed by atoms with Gasteiger partial charge in [-0.2, -0.15) is 0 Å². The van der Waals surface area contributed by atoms with Crippen LogP contribution in [0.5, 0.6) is 0 Å². The van der Waals surface area contributed by atoms with E-state index in [2.05, 4.69) is 39.1 Å². The van der Waals surface area contributed by atoms with E-state index in [4.69, 9.17) is 0 Å². The average Bonchev–Trinajstić information content (AvgIpc) is 2.75. The lowest BCUT2D eigenvalue weighted by Gasteiger charge is -2.28. The van der Waals surface area contributed by atoms with Crippen LogP contribution in [0, 0.1) is 0 Å². The molecule has 1 unspecified atom stereocenters. The molecule has 0 aliphatic heterocycles. The molecular formula is C14H23NS. The van der Waals surface area contributed by atoms with Crippen molar-refractivity contribution in [3.63, 3.8) is 0 Å². The van der Waals surface area contributed by atoms with Gasteiger partial charge in [0.05, 0.1) is 0 Å². The first-order valence-electron chi connectivity index (χ1n) is 6.41. The van der Waals surface area contributed by atoms with Crippen LogP contribution in [0.15, 0.2) is 6.07 Å². The summed E-state index contributed by atoms with van der Waals surface area (Å²) in [6, 6.07) is 2.92. The highest BCUT2D eigenvalue weighted by Gasteiger charge is 2.22. The summed E-state index contributed by atoms with van der Waals surface area (Å²) in [7, 11) is 0. The van der Waals surface area contributed by atoms with E-state index in [9.17, 15) is 0 Å². The van der Waals surface area contributed by atoms with Crippen LogP contribution in [0.2, 0.25) is 0 Å². The van der Waals surface area contributed by atoms with Crippen molar-refractivity contribution in [1.29, 1.82) is 0 Å². The third-order valence-electron chi connectivity index (χ3n) is 3.68. The van der Waals surface area contributed by atoms with Crippen LogP contribution >= 0.6 is 11.3 Å². The number of thiophene rings is 1. The van der Waals surface area contributed by atoms with Gasteiger partial charge in [0.1, 0.15) is 0 Å². The topological polar surface area (TPSA) is 12.0 Å². The van der Waals surface area contributed by atoms with Crippen molar-refractivity contribution in [2.24, 2.45) is 0 Å². The molecule has 0 aromatic carbocycles. The molecule has 1 nitrogen and oxygen atoms in total. The van der Waals surface area contributed by atoms with Gasteiger partial charge in [0.2, 0.25) is 0 Å². The number of hydrogen-bond donors (Lipinski definition) is 1. The maximum absolute atomic E-state index is 3.72. The fourth-order valence-electron chi connectivity index (χ4n) is 2.32. The van der Waals surface area contributed by atoms with Gasteiger partial charge >= 0.3 is 0 Å². The Labute approximate surface area is 103 Å². The predicted molar refractivity (Wildman–Crippen MR) is 72.3 cm³/mol. The van der Waals surface area contributed by atoms with Gasteiger partial charge in [-0.25, -0.2) is 0 Å². The van der Waals surface area contributed by atoms with E-state index in [0.29, 0.717) is 6.04 Å². The molecule has 1 aliphatic carbocycles. The Morgan fingerprint density at radius 2 is 2.19 bits per heavy atom. The van der Waals surface area contributed by atoms with Crippen LogP contribution in [0.25, 0.3) is 0 Å². The van der Waals surface area contributed by atoms with E-state index in [1.165, 1.54) is 30.6 Å². The molecule has 0 saturated carbocycles. The van der Waals surface area contributed by atoms with Crippen molar-refractivity contribution in [2.75, 3.05) is 0 Å². The first-order chi connectivity index (χ1) is 7.52. The van der Waals surface area contributed by atoms with Crippen LogP contribution < -0.4 is 5.32 Å². The molecule has 1 N–H and O–H groups in total. The Hall–Kier alpha value is -0.340. The first kappa shape index (κ1) is 12.1. The SMILES string of the molecule is CCC(C)(C)NC(C)c1cc2c(s1)CCC2. The van der Waals surface area contributed by atoms with Gasteiger partial charge in [-0.3, -0.25) is 0 Å². The second-order valence-electron chi connectivity index (χ2n) is 5.55. The molecule has 90 valence electrons. The van der Waals surface area contributed by atoms with E-state index in [1.807, 2.05) is 11.3 Å². The summed E-state index contributed by atoms with van der Waals surface area (Å²) in [6.07, 6.45) is 5.14. The fraction of sp³-hybridized carbons (Fsp3) is 0.714. The van der Waals surface area contributed by atoms with Gasteiger partial charge < -0.3 is 5.32 Å². The van der Waals surface area contributed by atoms with Crippen LogP contribution in [0.1, 0.15) is 61.9 Å². The molecule has 1 aromatic heterocycles. The summed E-state index contributed by atoms with van der Waals surface area (Å²) in [5.74, 6) is 0. The van der Waals surface area contributed by atoms with E-state index in [1.54, 1.807) is 10.4 Å². The number of fused-ring (bicyclic) bond motifs is 1. The average molecular weight is 237 g/mol. The number of nitrogens with one attached hydrogen (secondary N) is 1. The highest BCUT2D eigenvalue weighted by molar-refractivity contribution is 7.12. The molecule has 1 atom stereocenters. The summed E-state index contributed by atoms with van der Waals surface area (Å²) >= 11 is 2.02. The maximum atomic E-state index is 3.72. The minimum Gasteiger partial charge on any atom is -0.304 e. The molecule has 2 rings (SSSR count). The number of rotatable bonds is 4. The monoisotopic (exact) mass is 237 g/mol. The molecule has 1 aromatic rings. The minimum absolute atomic E-state index is 0.244. The van der Waals surface area contributed by atoms with Crippen LogP contribution in [-0.4, -0.2) is 5.54 Å². The molecule has 0 amide bonds. The lowest BCUT2D eigenvalue weighted by Crippen LogP contribution is -2.39. The van der Waals surface area contributed by atoms with Gasteiger partial charge in [0, 0.05) is 21.3 Å². The Bertz CT molecular complexity index is 343. The quantitative estimate of drug-likeness (QED) is 0.832. The Kier molecular flexibility index (Phi) is 3.41. The third-order valence-corrected chi connectivity index (χ3v) is 5.10. The van der Waals surface area contributed by atoms with Crippen molar-refractivity contribution in [3.05, 3.63) is 21.4 Å². The molecule has 0 bridgehead atoms. The smallest absolute Gasteiger partial charge is 0.0390 e. The van der Waals surface area contributed by atoms with Gasteiger partial charge in [-0.15, -0.1) is 11.3 Å². The molecule has 1 heterocycles. The first-order valence-corrected chi connectivity index (χ1v) is 7.22. The van der Waals surface area contributed by atoms with Crippen LogP contribution in [0.4, 0.5) is 0 Å². The van der Waals surface area contributed by atoms with Crippen molar-refractivity contribution in [1.82, 2.24) is 5.32 Å². The summed E-state index contributed by atoms with van der Waals surface area (Å²) in [4.78, 5) is 3.16. The lowest BCUT2D eigenvalue weighted by atomic mass is 10.0. The van der Waals surface area contributed by atoms with Gasteiger partial charge in [0.15, 0.2) is 0 Å². The zero-order valence-electron chi connectivity index (χ0n) is 10.9. The van der Waals surface area contributed by atoms with Gasteiger partial charge in [-0.1, -0.05) is 6.92 Å². The van der Waals surface area contributed by atoms with E-state index < -0.39 is 0 Å². The standard InChI is InChI=1S/C14H23NS/c1-5-14(3,4)15-10(2)13-9-11-7-6-8-12(11)16-13/h9-10,15H,5-8H2,1-4H3. The molecule has 1 aliphatic rings. The molecule has 2 heteroatoms. The van der Waals surface area contributed by atoms with Gasteiger partial charge in [-0.05, 0) is 58.1 Å². The highest BCUT2D eigenvalue weighted by Crippen LogP contribution is 2.34. The fourth-order valence-corrected chi connectivity index (χ4v) is 3.58. The summed E-state index contributed by atoms with van der Waals surface area (Å²) in [5, 5.41) is 3.72. The second kappa shape index (κ2) is 4.50. The zero-order valence-corrected chi connectivity index (χ0v) is 11.7. The Morgan fingerprint density at radius 1 is 1.44 bits per heavy atom. The van der Waals surface area contributed by atoms with Crippen molar-refractivity contribution in [2.45, 2.75) is 65.0 Å². The molecule has 0 fully saturated rings. The predicted octanol–water partition coefficient (Wildman–Crippen LogP) is 4.08. The summed E-state index contributed by atoms with van der Waals surface area (Å²) in [5.41, 5.74) is 1.86. The highest BCUT2D eigenvalue weighted by atomic mass is 32.1. The van der Waals surface area contributed by atoms with Crippen LogP contribution in [0.3, 0.4) is 0 Å². The molecule has 0 saturated heterocycles. The zero-order chi connectivity index (χ0) is 11.8. The van der Waals surface area contributed by atoms with Crippen molar-refractivity contribution >= 4 is 11.3 Å². The third kappa shape index (κ3) is 2.49. The second-order valence-corrected chi connectivity index (χ2v) is 6.72. The molecule has 0 radical (unpaired) electrons. The van der Waals surface area contributed by atoms with E-state index in [-0.39, 0.29) is 5.54 Å². The maximum Gasteiger partial charge on any atom is 0.0390 e. The van der Waals surface area contributed by atoms with Crippen molar-refractivity contribution in [3.8, 4) is 0 Å². The molecule has 16 heavy (non-hydrogen) atoms.